The normalized spacial score (nSPS) is 10.9. The molecule has 0 radical (unpaired) electrons. The van der Waals surface area contributed by atoms with Gasteiger partial charge in [-0.15, -0.1) is 5.10 Å². The number of nitro benzene ring substituents is 1. The lowest BCUT2D eigenvalue weighted by Crippen LogP contribution is -2.08. The van der Waals surface area contributed by atoms with Crippen molar-refractivity contribution in [1.82, 2.24) is 20.1 Å². The first kappa shape index (κ1) is 20.0. The third-order valence-electron chi connectivity index (χ3n) is 4.41. The van der Waals surface area contributed by atoms with E-state index in [1.807, 2.05) is 19.2 Å². The average Bonchev–Trinajstić information content (AvgIpc) is 3.12. The van der Waals surface area contributed by atoms with E-state index in [9.17, 15) is 10.1 Å². The smallest absolute Gasteiger partial charge is 0.269 e. The van der Waals surface area contributed by atoms with Gasteiger partial charge in [0.2, 0.25) is 0 Å². The van der Waals surface area contributed by atoms with E-state index in [0.717, 1.165) is 49.3 Å². The summed E-state index contributed by atoms with van der Waals surface area (Å²) in [6.07, 6.45) is 3.96. The Morgan fingerprint density at radius 2 is 1.79 bits per heavy atom. The van der Waals surface area contributed by atoms with Gasteiger partial charge in [0.1, 0.15) is 5.82 Å². The number of rotatable bonds is 9. The first-order valence-corrected chi connectivity index (χ1v) is 9.57. The van der Waals surface area contributed by atoms with Crippen LogP contribution in [0.2, 0.25) is 5.02 Å². The number of nitrogens with one attached hydrogen (secondary N) is 1. The highest BCUT2D eigenvalue weighted by molar-refractivity contribution is 6.30. The Bertz CT molecular complexity index is 923. The number of aromatic nitrogens is 3. The number of nitrogens with zero attached hydrogens (tertiary/aromatic N) is 4. The molecule has 1 N–H and O–H groups in total. The molecule has 0 saturated carbocycles. The maximum absolute atomic E-state index is 10.9. The summed E-state index contributed by atoms with van der Waals surface area (Å²) in [5, 5.41) is 19.4. The number of aryl methyl sites for hydroxylation is 1. The standard InChI is InChI=1S/C20H22ClN5O2/c1-22-14-4-2-3-5-19-23-20(15-6-8-16(21)9-7-15)24-25(19)17-10-12-18(13-11-17)26(27)28/h6-13,22H,2-5,14H2,1H3. The minimum Gasteiger partial charge on any atom is -0.320 e. The zero-order valence-corrected chi connectivity index (χ0v) is 16.4. The van der Waals surface area contributed by atoms with Gasteiger partial charge in [-0.05, 0) is 62.8 Å². The summed E-state index contributed by atoms with van der Waals surface area (Å²) < 4.78 is 1.77. The first-order chi connectivity index (χ1) is 13.6. The van der Waals surface area contributed by atoms with Gasteiger partial charge in [0.15, 0.2) is 5.82 Å². The van der Waals surface area contributed by atoms with E-state index in [0.29, 0.717) is 10.8 Å². The van der Waals surface area contributed by atoms with Crippen molar-refractivity contribution in [3.05, 3.63) is 69.5 Å². The SMILES string of the molecule is CNCCCCCc1nc(-c2ccc(Cl)cc2)nn1-c1ccc([N+](=O)[O-])cc1. The van der Waals surface area contributed by atoms with E-state index in [2.05, 4.69) is 10.4 Å². The largest absolute Gasteiger partial charge is 0.320 e. The zero-order chi connectivity index (χ0) is 19.9. The minimum atomic E-state index is -0.410. The second-order valence-electron chi connectivity index (χ2n) is 6.46. The molecule has 0 spiro atoms. The van der Waals surface area contributed by atoms with Crippen LogP contribution in [0.25, 0.3) is 17.1 Å². The highest BCUT2D eigenvalue weighted by Gasteiger charge is 2.14. The van der Waals surface area contributed by atoms with Crippen molar-refractivity contribution in [2.24, 2.45) is 0 Å². The molecule has 0 aliphatic carbocycles. The van der Waals surface area contributed by atoms with Crippen molar-refractivity contribution in [2.75, 3.05) is 13.6 Å². The van der Waals surface area contributed by atoms with E-state index in [1.54, 1.807) is 28.9 Å². The third kappa shape index (κ3) is 4.94. The number of non-ortho nitro benzene ring substituents is 1. The van der Waals surface area contributed by atoms with Crippen molar-refractivity contribution in [3.8, 4) is 17.1 Å². The molecule has 2 aromatic carbocycles. The summed E-state index contributed by atoms with van der Waals surface area (Å²) >= 11 is 5.98. The molecule has 0 bridgehead atoms. The van der Waals surface area contributed by atoms with Gasteiger partial charge in [-0.25, -0.2) is 9.67 Å². The zero-order valence-electron chi connectivity index (χ0n) is 15.6. The number of halogens is 1. The summed E-state index contributed by atoms with van der Waals surface area (Å²) in [6.45, 7) is 0.991. The monoisotopic (exact) mass is 399 g/mol. The van der Waals surface area contributed by atoms with Crippen LogP contribution in [-0.4, -0.2) is 33.3 Å². The number of hydrogen-bond acceptors (Lipinski definition) is 5. The second kappa shape index (κ2) is 9.43. The summed E-state index contributed by atoms with van der Waals surface area (Å²) in [4.78, 5) is 15.2. The Labute approximate surface area is 168 Å². The van der Waals surface area contributed by atoms with Crippen LogP contribution < -0.4 is 5.32 Å². The van der Waals surface area contributed by atoms with E-state index >= 15 is 0 Å². The van der Waals surface area contributed by atoms with E-state index in [1.165, 1.54) is 12.1 Å². The van der Waals surface area contributed by atoms with Gasteiger partial charge in [-0.2, -0.15) is 0 Å². The molecule has 0 amide bonds. The van der Waals surface area contributed by atoms with Gasteiger partial charge < -0.3 is 5.32 Å². The molecule has 0 unspecified atom stereocenters. The molecule has 0 atom stereocenters. The molecule has 146 valence electrons. The van der Waals surface area contributed by atoms with E-state index < -0.39 is 4.92 Å². The molecule has 3 aromatic rings. The highest BCUT2D eigenvalue weighted by atomic mass is 35.5. The molecule has 3 rings (SSSR count). The minimum absolute atomic E-state index is 0.0513. The Morgan fingerprint density at radius 3 is 2.43 bits per heavy atom. The highest BCUT2D eigenvalue weighted by Crippen LogP contribution is 2.22. The molecule has 0 aliphatic heterocycles. The van der Waals surface area contributed by atoms with Crippen LogP contribution in [0.15, 0.2) is 48.5 Å². The number of hydrogen-bond donors (Lipinski definition) is 1. The predicted molar refractivity (Wildman–Crippen MR) is 110 cm³/mol. The van der Waals surface area contributed by atoms with Crippen molar-refractivity contribution >= 4 is 17.3 Å². The van der Waals surface area contributed by atoms with Crippen molar-refractivity contribution in [1.29, 1.82) is 0 Å². The molecular weight excluding hydrogens is 378 g/mol. The number of unbranched alkanes of at least 4 members (excludes halogenated alkanes) is 2. The molecule has 28 heavy (non-hydrogen) atoms. The Kier molecular flexibility index (Phi) is 6.73. The molecule has 0 fully saturated rings. The molecular formula is C20H22ClN5O2. The fourth-order valence-corrected chi connectivity index (χ4v) is 3.04. The Hall–Kier alpha value is -2.77. The lowest BCUT2D eigenvalue weighted by Gasteiger charge is -2.06. The number of benzene rings is 2. The summed E-state index contributed by atoms with van der Waals surface area (Å²) in [5.41, 5.74) is 1.68. The van der Waals surface area contributed by atoms with Crippen LogP contribution in [0.5, 0.6) is 0 Å². The fourth-order valence-electron chi connectivity index (χ4n) is 2.91. The number of nitro groups is 1. The summed E-state index contributed by atoms with van der Waals surface area (Å²) in [5.74, 6) is 1.45. The lowest BCUT2D eigenvalue weighted by molar-refractivity contribution is -0.384. The molecule has 1 heterocycles. The molecule has 8 heteroatoms. The van der Waals surface area contributed by atoms with Gasteiger partial charge >= 0.3 is 0 Å². The lowest BCUT2D eigenvalue weighted by atomic mass is 10.2. The fraction of sp³-hybridized carbons (Fsp3) is 0.300. The third-order valence-corrected chi connectivity index (χ3v) is 4.66. The maximum Gasteiger partial charge on any atom is 0.269 e. The van der Waals surface area contributed by atoms with Crippen LogP contribution in [-0.2, 0) is 6.42 Å². The van der Waals surface area contributed by atoms with Gasteiger partial charge in [0.25, 0.3) is 5.69 Å². The quantitative estimate of drug-likeness (QED) is 0.327. The van der Waals surface area contributed by atoms with Crippen molar-refractivity contribution < 1.29 is 4.92 Å². The van der Waals surface area contributed by atoms with Crippen LogP contribution >= 0.6 is 11.6 Å². The molecule has 0 aliphatic rings. The second-order valence-corrected chi connectivity index (χ2v) is 6.89. The average molecular weight is 400 g/mol. The predicted octanol–water partition coefficient (Wildman–Crippen LogP) is 4.43. The summed E-state index contributed by atoms with van der Waals surface area (Å²) in [6, 6.07) is 13.7. The van der Waals surface area contributed by atoms with Gasteiger partial charge in [-0.1, -0.05) is 18.0 Å². The van der Waals surface area contributed by atoms with Crippen molar-refractivity contribution in [3.63, 3.8) is 0 Å². The van der Waals surface area contributed by atoms with Crippen LogP contribution in [0.1, 0.15) is 25.1 Å². The maximum atomic E-state index is 10.9. The first-order valence-electron chi connectivity index (χ1n) is 9.20. The topological polar surface area (TPSA) is 85.9 Å². The molecule has 1 aromatic heterocycles. The van der Waals surface area contributed by atoms with Gasteiger partial charge in [0.05, 0.1) is 10.6 Å². The van der Waals surface area contributed by atoms with Gasteiger partial charge in [-0.3, -0.25) is 10.1 Å². The van der Waals surface area contributed by atoms with Crippen LogP contribution in [0.4, 0.5) is 5.69 Å². The molecule has 0 saturated heterocycles. The summed E-state index contributed by atoms with van der Waals surface area (Å²) in [7, 11) is 1.95. The van der Waals surface area contributed by atoms with Crippen LogP contribution in [0.3, 0.4) is 0 Å². The molecule has 7 nitrogen and oxygen atoms in total. The van der Waals surface area contributed by atoms with Crippen molar-refractivity contribution in [2.45, 2.75) is 25.7 Å². The Morgan fingerprint density at radius 1 is 1.07 bits per heavy atom. The van der Waals surface area contributed by atoms with E-state index in [-0.39, 0.29) is 5.69 Å². The van der Waals surface area contributed by atoms with Crippen LogP contribution in [0, 0.1) is 10.1 Å². The van der Waals surface area contributed by atoms with Gasteiger partial charge in [0, 0.05) is 29.1 Å². The van der Waals surface area contributed by atoms with E-state index in [4.69, 9.17) is 16.6 Å². The Balaban J connectivity index is 1.88.